The highest BCUT2D eigenvalue weighted by molar-refractivity contribution is 7.22. The molecule has 2 aromatic heterocycles. The van der Waals surface area contributed by atoms with E-state index in [1.165, 1.54) is 16.2 Å². The Hall–Kier alpha value is -2.26. The number of hydrogen-bond acceptors (Lipinski definition) is 6. The van der Waals surface area contributed by atoms with Crippen molar-refractivity contribution in [3.63, 3.8) is 0 Å². The Morgan fingerprint density at radius 2 is 2.14 bits per heavy atom. The smallest absolute Gasteiger partial charge is 0.325 e. The topological polar surface area (TPSA) is 91.4 Å². The maximum absolute atomic E-state index is 12.6. The van der Waals surface area contributed by atoms with Crippen molar-refractivity contribution < 1.29 is 14.4 Å². The lowest BCUT2D eigenvalue weighted by molar-refractivity contribution is -0.131. The Morgan fingerprint density at radius 3 is 2.86 bits per heavy atom. The van der Waals surface area contributed by atoms with Gasteiger partial charge in [-0.25, -0.2) is 9.78 Å². The molecule has 4 amide bonds. The maximum Gasteiger partial charge on any atom is 0.325 e. The first-order chi connectivity index (χ1) is 13.5. The number of carbonyl (C=O) groups excluding carboxylic acids is 3. The van der Waals surface area contributed by atoms with E-state index in [1.54, 1.807) is 11.3 Å². The molecule has 1 saturated heterocycles. The first-order valence-electron chi connectivity index (χ1n) is 9.44. The fraction of sp³-hybridized carbons (Fsp3) is 0.474. The van der Waals surface area contributed by atoms with Crippen LogP contribution in [0.3, 0.4) is 0 Å². The predicted molar refractivity (Wildman–Crippen MR) is 109 cm³/mol. The molecule has 4 rings (SSSR count). The van der Waals surface area contributed by atoms with Crippen LogP contribution >= 0.6 is 22.7 Å². The molecule has 0 unspecified atom stereocenters. The molecule has 1 saturated carbocycles. The summed E-state index contributed by atoms with van der Waals surface area (Å²) in [4.78, 5) is 44.7. The number of imide groups is 1. The van der Waals surface area contributed by atoms with Crippen LogP contribution < -0.4 is 10.6 Å². The standard InChI is InChI=1S/C19H22N4O3S2/c1-12-14(28-16(21-12)13-6-4-11-27-13)15(24)20-9-5-10-23-17(25)19(22-18(23)26)7-2-3-8-19/h4,6,11H,2-3,5,7-10H2,1H3,(H,20,24)(H,22,26). The molecule has 1 aliphatic carbocycles. The molecule has 0 atom stereocenters. The lowest BCUT2D eigenvalue weighted by Crippen LogP contribution is -2.44. The van der Waals surface area contributed by atoms with Crippen molar-refractivity contribution in [3.05, 3.63) is 28.1 Å². The second-order valence-corrected chi connectivity index (χ2v) is 9.14. The number of aromatic nitrogens is 1. The van der Waals surface area contributed by atoms with Crippen molar-refractivity contribution in [1.82, 2.24) is 20.5 Å². The third kappa shape index (κ3) is 3.44. The Morgan fingerprint density at radius 1 is 1.36 bits per heavy atom. The minimum atomic E-state index is -0.668. The number of rotatable bonds is 6. The molecule has 0 bridgehead atoms. The summed E-state index contributed by atoms with van der Waals surface area (Å²) in [5.41, 5.74) is 0.0429. The summed E-state index contributed by atoms with van der Waals surface area (Å²) >= 11 is 2.98. The third-order valence-corrected chi connectivity index (χ3v) is 7.48. The highest BCUT2D eigenvalue weighted by Gasteiger charge is 2.51. The van der Waals surface area contributed by atoms with E-state index in [2.05, 4.69) is 15.6 Å². The van der Waals surface area contributed by atoms with Gasteiger partial charge in [0, 0.05) is 13.1 Å². The number of carbonyl (C=O) groups is 3. The zero-order valence-corrected chi connectivity index (χ0v) is 17.3. The van der Waals surface area contributed by atoms with E-state index in [1.807, 2.05) is 24.4 Å². The molecule has 28 heavy (non-hydrogen) atoms. The van der Waals surface area contributed by atoms with Crippen molar-refractivity contribution in [3.8, 4) is 9.88 Å². The maximum atomic E-state index is 12.6. The van der Waals surface area contributed by atoms with Crippen LogP contribution in [-0.2, 0) is 4.79 Å². The van der Waals surface area contributed by atoms with Crippen LogP contribution in [0.1, 0.15) is 47.5 Å². The second kappa shape index (κ2) is 7.63. The quantitative estimate of drug-likeness (QED) is 0.557. The average Bonchev–Trinajstić information content (AvgIpc) is 3.44. The van der Waals surface area contributed by atoms with Gasteiger partial charge >= 0.3 is 6.03 Å². The minimum Gasteiger partial charge on any atom is -0.351 e. The molecule has 1 aliphatic heterocycles. The lowest BCUT2D eigenvalue weighted by atomic mass is 9.98. The second-order valence-electron chi connectivity index (χ2n) is 7.20. The van der Waals surface area contributed by atoms with Crippen molar-refractivity contribution >= 4 is 40.5 Å². The van der Waals surface area contributed by atoms with Gasteiger partial charge in [-0.2, -0.15) is 0 Å². The summed E-state index contributed by atoms with van der Waals surface area (Å²) in [6, 6.07) is 3.64. The average molecular weight is 419 g/mol. The highest BCUT2D eigenvalue weighted by atomic mass is 32.1. The molecular formula is C19H22N4O3S2. The van der Waals surface area contributed by atoms with Gasteiger partial charge in [0.1, 0.15) is 15.4 Å². The number of thiazole rings is 1. The van der Waals surface area contributed by atoms with Crippen LogP contribution in [0, 0.1) is 6.92 Å². The summed E-state index contributed by atoms with van der Waals surface area (Å²) in [5, 5.41) is 8.58. The SMILES string of the molecule is Cc1nc(-c2cccs2)sc1C(=O)NCCCN1C(=O)NC2(CCCC2)C1=O. The zero-order chi connectivity index (χ0) is 19.7. The summed E-state index contributed by atoms with van der Waals surface area (Å²) in [5.74, 6) is -0.275. The van der Waals surface area contributed by atoms with E-state index < -0.39 is 5.54 Å². The fourth-order valence-corrected chi connectivity index (χ4v) is 5.61. The van der Waals surface area contributed by atoms with Gasteiger partial charge in [-0.15, -0.1) is 22.7 Å². The summed E-state index contributed by atoms with van der Waals surface area (Å²) in [6.07, 6.45) is 3.91. The molecule has 9 heteroatoms. The zero-order valence-electron chi connectivity index (χ0n) is 15.6. The van der Waals surface area contributed by atoms with Gasteiger partial charge in [0.15, 0.2) is 0 Å². The molecule has 0 radical (unpaired) electrons. The number of thiophene rings is 1. The van der Waals surface area contributed by atoms with Crippen molar-refractivity contribution in [1.29, 1.82) is 0 Å². The third-order valence-electron chi connectivity index (χ3n) is 5.28. The van der Waals surface area contributed by atoms with Gasteiger partial charge in [-0.1, -0.05) is 18.9 Å². The van der Waals surface area contributed by atoms with Crippen LogP contribution in [0.5, 0.6) is 0 Å². The van der Waals surface area contributed by atoms with Crippen LogP contribution in [0.2, 0.25) is 0 Å². The fourth-order valence-electron chi connectivity index (χ4n) is 3.83. The normalized spacial score (nSPS) is 18.1. The highest BCUT2D eigenvalue weighted by Crippen LogP contribution is 2.35. The van der Waals surface area contributed by atoms with Gasteiger partial charge in [0.25, 0.3) is 11.8 Å². The molecule has 7 nitrogen and oxygen atoms in total. The molecule has 2 fully saturated rings. The summed E-state index contributed by atoms with van der Waals surface area (Å²) in [6.45, 7) is 2.54. The molecule has 2 aromatic rings. The van der Waals surface area contributed by atoms with E-state index in [0.717, 1.165) is 35.6 Å². The first-order valence-corrected chi connectivity index (χ1v) is 11.1. The van der Waals surface area contributed by atoms with E-state index in [4.69, 9.17) is 0 Å². The predicted octanol–water partition coefficient (Wildman–Crippen LogP) is 3.16. The van der Waals surface area contributed by atoms with Gasteiger partial charge in [0.2, 0.25) is 0 Å². The monoisotopic (exact) mass is 418 g/mol. The van der Waals surface area contributed by atoms with Crippen molar-refractivity contribution in [2.75, 3.05) is 13.1 Å². The number of aryl methyl sites for hydroxylation is 1. The summed E-state index contributed by atoms with van der Waals surface area (Å²) in [7, 11) is 0. The van der Waals surface area contributed by atoms with Crippen molar-refractivity contribution in [2.24, 2.45) is 0 Å². The van der Waals surface area contributed by atoms with Gasteiger partial charge < -0.3 is 10.6 Å². The van der Waals surface area contributed by atoms with Crippen LogP contribution in [0.25, 0.3) is 9.88 Å². The minimum absolute atomic E-state index is 0.111. The molecule has 2 aliphatic rings. The van der Waals surface area contributed by atoms with Crippen LogP contribution in [0.4, 0.5) is 4.79 Å². The number of urea groups is 1. The van der Waals surface area contributed by atoms with Gasteiger partial charge in [-0.3, -0.25) is 14.5 Å². The van der Waals surface area contributed by atoms with Crippen LogP contribution in [0.15, 0.2) is 17.5 Å². The number of nitrogens with zero attached hydrogens (tertiary/aromatic N) is 2. The largest absolute Gasteiger partial charge is 0.351 e. The van der Waals surface area contributed by atoms with E-state index in [9.17, 15) is 14.4 Å². The Bertz CT molecular complexity index is 900. The van der Waals surface area contributed by atoms with E-state index in [0.29, 0.717) is 30.1 Å². The molecule has 0 aromatic carbocycles. The molecule has 2 N–H and O–H groups in total. The molecule has 3 heterocycles. The van der Waals surface area contributed by atoms with Crippen LogP contribution in [-0.4, -0.2) is 46.4 Å². The number of nitrogens with one attached hydrogen (secondary N) is 2. The molecule has 1 spiro atoms. The van der Waals surface area contributed by atoms with Gasteiger partial charge in [-0.05, 0) is 37.6 Å². The molecule has 148 valence electrons. The van der Waals surface area contributed by atoms with E-state index in [-0.39, 0.29) is 17.8 Å². The Labute approximate surface area is 171 Å². The summed E-state index contributed by atoms with van der Waals surface area (Å²) < 4.78 is 0. The Balaban J connectivity index is 1.29. The number of hydrogen-bond donors (Lipinski definition) is 2. The first kappa shape index (κ1) is 19.1. The lowest BCUT2D eigenvalue weighted by Gasteiger charge is -2.20. The Kier molecular flexibility index (Phi) is 5.20. The molecular weight excluding hydrogens is 396 g/mol. The van der Waals surface area contributed by atoms with Crippen molar-refractivity contribution in [2.45, 2.75) is 44.6 Å². The van der Waals surface area contributed by atoms with Gasteiger partial charge in [0.05, 0.1) is 10.6 Å². The number of amides is 4. The van der Waals surface area contributed by atoms with E-state index >= 15 is 0 Å².